The van der Waals surface area contributed by atoms with Crippen LogP contribution in [0.3, 0.4) is 0 Å². The molecule has 1 fully saturated rings. The van der Waals surface area contributed by atoms with Crippen molar-refractivity contribution in [3.05, 3.63) is 75.4 Å². The number of carbonyl (C=O) groups excluding carboxylic acids is 1. The number of benzene rings is 2. The van der Waals surface area contributed by atoms with Crippen molar-refractivity contribution >= 4 is 34.8 Å². The molecule has 3 aromatic rings. The Kier molecular flexibility index (Phi) is 7.68. The molecule has 0 spiro atoms. The van der Waals surface area contributed by atoms with Crippen molar-refractivity contribution in [3.63, 3.8) is 0 Å². The van der Waals surface area contributed by atoms with Gasteiger partial charge >= 0.3 is 0 Å². The third-order valence-corrected chi connectivity index (χ3v) is 6.59. The summed E-state index contributed by atoms with van der Waals surface area (Å²) in [5.74, 6) is 1.48. The maximum atomic E-state index is 12.9. The van der Waals surface area contributed by atoms with Crippen molar-refractivity contribution < 1.29 is 9.32 Å². The summed E-state index contributed by atoms with van der Waals surface area (Å²) in [6.07, 6.45) is 2.42. The van der Waals surface area contributed by atoms with Gasteiger partial charge < -0.3 is 9.84 Å². The standard InChI is InChI=1S/C25H28Cl2N4O2/c1-16(2)25-29-23(30-33-25)13-17-8-10-19(11-9-17)28-24(32)18-5-4-12-31(14-18)15-20-21(26)6-3-7-22(20)27/h3,6-11,16,18H,4-5,12-15H2,1-2H3,(H,28,32)/t18-/m0/s1. The Morgan fingerprint density at radius 1 is 1.18 bits per heavy atom. The topological polar surface area (TPSA) is 71.3 Å². The number of anilines is 1. The molecule has 174 valence electrons. The number of nitrogens with one attached hydrogen (secondary N) is 1. The molecule has 1 atom stereocenters. The summed E-state index contributed by atoms with van der Waals surface area (Å²) in [6.45, 7) is 6.29. The number of nitrogens with zero attached hydrogens (tertiary/aromatic N) is 3. The number of hydrogen-bond acceptors (Lipinski definition) is 5. The highest BCUT2D eigenvalue weighted by molar-refractivity contribution is 6.35. The van der Waals surface area contributed by atoms with Gasteiger partial charge in [-0.05, 0) is 49.2 Å². The zero-order chi connectivity index (χ0) is 23.4. The fraction of sp³-hybridized carbons (Fsp3) is 0.400. The van der Waals surface area contributed by atoms with E-state index in [0.29, 0.717) is 41.3 Å². The normalized spacial score (nSPS) is 16.8. The second-order valence-electron chi connectivity index (χ2n) is 8.84. The zero-order valence-corrected chi connectivity index (χ0v) is 20.4. The van der Waals surface area contributed by atoms with Crippen LogP contribution in [0.2, 0.25) is 10.0 Å². The molecule has 1 N–H and O–H groups in total. The molecule has 1 amide bonds. The Labute approximate surface area is 204 Å². The van der Waals surface area contributed by atoms with Gasteiger partial charge in [0.25, 0.3) is 0 Å². The van der Waals surface area contributed by atoms with E-state index in [1.807, 2.05) is 56.3 Å². The number of carbonyl (C=O) groups is 1. The fourth-order valence-corrected chi connectivity index (χ4v) is 4.54. The van der Waals surface area contributed by atoms with Gasteiger partial charge in [0.05, 0.1) is 5.92 Å². The molecule has 1 saturated heterocycles. The number of amides is 1. The average molecular weight is 487 g/mol. The summed E-state index contributed by atoms with van der Waals surface area (Å²) in [5.41, 5.74) is 2.76. The van der Waals surface area contributed by atoms with Crippen molar-refractivity contribution in [1.82, 2.24) is 15.0 Å². The monoisotopic (exact) mass is 486 g/mol. The Morgan fingerprint density at radius 2 is 1.91 bits per heavy atom. The Hall–Kier alpha value is -2.41. The first-order chi connectivity index (χ1) is 15.9. The van der Waals surface area contributed by atoms with E-state index in [-0.39, 0.29) is 17.7 Å². The second-order valence-corrected chi connectivity index (χ2v) is 9.66. The van der Waals surface area contributed by atoms with Crippen molar-refractivity contribution in [2.75, 3.05) is 18.4 Å². The molecule has 1 aromatic heterocycles. The van der Waals surface area contributed by atoms with Crippen molar-refractivity contribution in [3.8, 4) is 0 Å². The molecule has 4 rings (SSSR count). The van der Waals surface area contributed by atoms with E-state index >= 15 is 0 Å². The maximum Gasteiger partial charge on any atom is 0.229 e. The molecule has 6 nitrogen and oxygen atoms in total. The highest BCUT2D eigenvalue weighted by Gasteiger charge is 2.26. The van der Waals surface area contributed by atoms with Gasteiger partial charge in [-0.25, -0.2) is 0 Å². The lowest BCUT2D eigenvalue weighted by molar-refractivity contribution is -0.121. The fourth-order valence-electron chi connectivity index (χ4n) is 4.03. The largest absolute Gasteiger partial charge is 0.339 e. The van der Waals surface area contributed by atoms with Gasteiger partial charge in [-0.15, -0.1) is 0 Å². The SMILES string of the molecule is CC(C)c1nc(Cc2ccc(NC(=O)[C@H]3CCCN(Cc4c(Cl)cccc4Cl)C3)cc2)no1. The van der Waals surface area contributed by atoms with Crippen molar-refractivity contribution in [2.45, 2.75) is 45.6 Å². The Balaban J connectivity index is 1.32. The predicted molar refractivity (Wildman–Crippen MR) is 131 cm³/mol. The highest BCUT2D eigenvalue weighted by atomic mass is 35.5. The van der Waals surface area contributed by atoms with E-state index in [4.69, 9.17) is 27.7 Å². The van der Waals surface area contributed by atoms with Gasteiger partial charge in [0.2, 0.25) is 11.8 Å². The number of hydrogen-bond donors (Lipinski definition) is 1. The van der Waals surface area contributed by atoms with E-state index in [2.05, 4.69) is 20.4 Å². The van der Waals surface area contributed by atoms with E-state index < -0.39 is 0 Å². The summed E-state index contributed by atoms with van der Waals surface area (Å²) in [7, 11) is 0. The van der Waals surface area contributed by atoms with Crippen molar-refractivity contribution in [1.29, 1.82) is 0 Å². The third kappa shape index (κ3) is 6.14. The Bertz CT molecular complexity index is 1080. The van der Waals surface area contributed by atoms with Crippen LogP contribution in [0.1, 0.15) is 55.4 Å². The lowest BCUT2D eigenvalue weighted by atomic mass is 9.96. The number of likely N-dealkylation sites (tertiary alicyclic amines) is 1. The quantitative estimate of drug-likeness (QED) is 0.447. The molecule has 0 unspecified atom stereocenters. The Morgan fingerprint density at radius 3 is 2.58 bits per heavy atom. The molecule has 0 bridgehead atoms. The van der Waals surface area contributed by atoms with Crippen LogP contribution in [0.4, 0.5) is 5.69 Å². The number of rotatable bonds is 7. The number of halogens is 2. The minimum atomic E-state index is -0.0755. The van der Waals surface area contributed by atoms with Gasteiger partial charge in [0.1, 0.15) is 0 Å². The third-order valence-electron chi connectivity index (χ3n) is 5.88. The number of aromatic nitrogens is 2. The molecule has 0 radical (unpaired) electrons. The summed E-state index contributed by atoms with van der Waals surface area (Å²) in [4.78, 5) is 19.6. The summed E-state index contributed by atoms with van der Waals surface area (Å²) >= 11 is 12.7. The van der Waals surface area contributed by atoms with E-state index in [0.717, 1.165) is 36.2 Å². The molecule has 8 heteroatoms. The van der Waals surface area contributed by atoms with Gasteiger partial charge in [-0.2, -0.15) is 4.98 Å². The van der Waals surface area contributed by atoms with Crippen LogP contribution in [-0.4, -0.2) is 34.0 Å². The molecule has 1 aliphatic heterocycles. The lowest BCUT2D eigenvalue weighted by Crippen LogP contribution is -2.40. The van der Waals surface area contributed by atoms with Crippen LogP contribution in [0.5, 0.6) is 0 Å². The molecule has 2 aromatic carbocycles. The first kappa shape index (κ1) is 23.7. The zero-order valence-electron chi connectivity index (χ0n) is 18.9. The average Bonchev–Trinajstić information content (AvgIpc) is 3.27. The maximum absolute atomic E-state index is 12.9. The molecule has 0 saturated carbocycles. The van der Waals surface area contributed by atoms with E-state index in [9.17, 15) is 4.79 Å². The summed E-state index contributed by atoms with van der Waals surface area (Å²) in [6, 6.07) is 13.3. The van der Waals surface area contributed by atoms with E-state index in [1.54, 1.807) is 0 Å². The van der Waals surface area contributed by atoms with Gasteiger partial charge in [-0.3, -0.25) is 9.69 Å². The van der Waals surface area contributed by atoms with Gasteiger partial charge in [-0.1, -0.05) is 60.4 Å². The van der Waals surface area contributed by atoms with Crippen LogP contribution < -0.4 is 5.32 Å². The van der Waals surface area contributed by atoms with E-state index in [1.165, 1.54) is 0 Å². The molecule has 2 heterocycles. The highest BCUT2D eigenvalue weighted by Crippen LogP contribution is 2.28. The van der Waals surface area contributed by atoms with Crippen LogP contribution >= 0.6 is 23.2 Å². The molecular formula is C25H28Cl2N4O2. The minimum absolute atomic E-state index is 0.0393. The molecule has 33 heavy (non-hydrogen) atoms. The smallest absolute Gasteiger partial charge is 0.229 e. The van der Waals surface area contributed by atoms with Crippen molar-refractivity contribution in [2.24, 2.45) is 5.92 Å². The number of piperidine rings is 1. The van der Waals surface area contributed by atoms with Gasteiger partial charge in [0, 0.05) is 46.7 Å². The molecular weight excluding hydrogens is 459 g/mol. The molecule has 1 aliphatic rings. The first-order valence-electron chi connectivity index (χ1n) is 11.3. The lowest BCUT2D eigenvalue weighted by Gasteiger charge is -2.32. The van der Waals surface area contributed by atoms with Crippen LogP contribution in [0, 0.1) is 5.92 Å². The minimum Gasteiger partial charge on any atom is -0.339 e. The van der Waals surface area contributed by atoms with Crippen LogP contribution in [0.15, 0.2) is 47.0 Å². The second kappa shape index (κ2) is 10.7. The summed E-state index contributed by atoms with van der Waals surface area (Å²) < 4.78 is 5.26. The van der Waals surface area contributed by atoms with Crippen LogP contribution in [0.25, 0.3) is 0 Å². The van der Waals surface area contributed by atoms with Crippen LogP contribution in [-0.2, 0) is 17.8 Å². The summed E-state index contributed by atoms with van der Waals surface area (Å²) in [5, 5.41) is 8.42. The van der Waals surface area contributed by atoms with Gasteiger partial charge in [0.15, 0.2) is 5.82 Å². The molecule has 0 aliphatic carbocycles. The first-order valence-corrected chi connectivity index (χ1v) is 12.0. The predicted octanol–water partition coefficient (Wildman–Crippen LogP) is 5.94.